The van der Waals surface area contributed by atoms with Crippen LogP contribution in [0.3, 0.4) is 0 Å². The molecule has 114 valence electrons. The molecule has 22 heavy (non-hydrogen) atoms. The van der Waals surface area contributed by atoms with Crippen LogP contribution in [0.5, 0.6) is 23.0 Å². The van der Waals surface area contributed by atoms with E-state index >= 15 is 0 Å². The molecule has 2 aliphatic rings. The lowest BCUT2D eigenvalue weighted by Gasteiger charge is -2.28. The summed E-state index contributed by atoms with van der Waals surface area (Å²) < 4.78 is 22.8. The van der Waals surface area contributed by atoms with Crippen LogP contribution in [-0.2, 0) is 0 Å². The molecule has 2 aromatic carbocycles. The van der Waals surface area contributed by atoms with Gasteiger partial charge in [0.2, 0.25) is 0 Å². The monoisotopic (exact) mass is 298 g/mol. The Bertz CT molecular complexity index is 738. The summed E-state index contributed by atoms with van der Waals surface area (Å²) in [4.78, 5) is 0. The second kappa shape index (κ2) is 4.83. The lowest BCUT2D eigenvalue weighted by atomic mass is 9.88. The van der Waals surface area contributed by atoms with E-state index in [-0.39, 0.29) is 12.0 Å². The van der Waals surface area contributed by atoms with Crippen LogP contribution >= 0.6 is 0 Å². The maximum absolute atomic E-state index is 6.21. The average molecular weight is 298 g/mol. The van der Waals surface area contributed by atoms with E-state index < -0.39 is 0 Å². The van der Waals surface area contributed by atoms with Crippen LogP contribution in [0.15, 0.2) is 30.3 Å². The molecule has 0 aromatic heterocycles. The number of benzene rings is 2. The predicted octanol–water partition coefficient (Wildman–Crippen LogP) is 3.62. The number of ether oxygens (including phenoxy) is 4. The van der Waals surface area contributed by atoms with Gasteiger partial charge in [-0.15, -0.1) is 0 Å². The van der Waals surface area contributed by atoms with Crippen molar-refractivity contribution in [2.75, 3.05) is 20.8 Å². The minimum Gasteiger partial charge on any atom is -0.497 e. The first-order valence-electron chi connectivity index (χ1n) is 7.37. The van der Waals surface area contributed by atoms with Crippen LogP contribution in [0, 0.1) is 6.92 Å². The minimum atomic E-state index is -0.00420. The Kier molecular flexibility index (Phi) is 2.93. The summed E-state index contributed by atoms with van der Waals surface area (Å²) in [7, 11) is 3.34. The Hall–Kier alpha value is -2.36. The van der Waals surface area contributed by atoms with Crippen molar-refractivity contribution in [1.29, 1.82) is 0 Å². The number of methoxy groups -OCH3 is 2. The third-order valence-electron chi connectivity index (χ3n) is 4.49. The van der Waals surface area contributed by atoms with E-state index in [0.717, 1.165) is 34.1 Å². The van der Waals surface area contributed by atoms with E-state index in [1.807, 2.05) is 25.1 Å². The molecule has 2 aliphatic heterocycles. The van der Waals surface area contributed by atoms with Crippen LogP contribution in [0.2, 0.25) is 0 Å². The van der Waals surface area contributed by atoms with Gasteiger partial charge in [-0.1, -0.05) is 6.07 Å². The molecule has 0 fully saturated rings. The van der Waals surface area contributed by atoms with Crippen molar-refractivity contribution in [3.63, 3.8) is 0 Å². The normalized spacial score (nSPS) is 21.0. The molecule has 0 radical (unpaired) electrons. The summed E-state index contributed by atoms with van der Waals surface area (Å²) >= 11 is 0. The molecule has 0 saturated heterocycles. The fourth-order valence-electron chi connectivity index (χ4n) is 3.33. The van der Waals surface area contributed by atoms with E-state index in [4.69, 9.17) is 18.9 Å². The van der Waals surface area contributed by atoms with Crippen LogP contribution in [-0.4, -0.2) is 20.8 Å². The first kappa shape index (κ1) is 13.3. The lowest BCUT2D eigenvalue weighted by molar-refractivity contribution is 0.139. The van der Waals surface area contributed by atoms with E-state index in [1.165, 1.54) is 5.56 Å². The summed E-state index contributed by atoms with van der Waals surface area (Å²) in [5.41, 5.74) is 3.36. The molecule has 0 aliphatic carbocycles. The second-order valence-electron chi connectivity index (χ2n) is 5.72. The molecule has 2 aromatic rings. The summed E-state index contributed by atoms with van der Waals surface area (Å²) in [5.74, 6) is 3.61. The molecule has 0 amide bonds. The molecule has 0 saturated carbocycles. The fourth-order valence-corrected chi connectivity index (χ4v) is 3.33. The molecular weight excluding hydrogens is 280 g/mol. The molecule has 2 atom stereocenters. The van der Waals surface area contributed by atoms with Gasteiger partial charge in [0.15, 0.2) is 0 Å². The van der Waals surface area contributed by atoms with Gasteiger partial charge in [-0.05, 0) is 24.6 Å². The summed E-state index contributed by atoms with van der Waals surface area (Å²) in [5, 5.41) is 0. The number of hydrogen-bond donors (Lipinski definition) is 0. The molecule has 2 heterocycles. The highest BCUT2D eigenvalue weighted by Gasteiger charge is 2.41. The molecule has 2 unspecified atom stereocenters. The van der Waals surface area contributed by atoms with Crippen LogP contribution in [0.4, 0.5) is 0 Å². The Balaban J connectivity index is 1.77. The lowest BCUT2D eigenvalue weighted by Crippen LogP contribution is -2.23. The van der Waals surface area contributed by atoms with Gasteiger partial charge in [-0.3, -0.25) is 0 Å². The van der Waals surface area contributed by atoms with E-state index in [0.29, 0.717) is 6.61 Å². The van der Waals surface area contributed by atoms with Gasteiger partial charge in [0.1, 0.15) is 29.1 Å². The van der Waals surface area contributed by atoms with Gasteiger partial charge in [0, 0.05) is 23.3 Å². The molecular formula is C18H18O4. The zero-order chi connectivity index (χ0) is 15.3. The van der Waals surface area contributed by atoms with Crippen molar-refractivity contribution in [2.24, 2.45) is 0 Å². The second-order valence-corrected chi connectivity index (χ2v) is 5.72. The van der Waals surface area contributed by atoms with Crippen molar-refractivity contribution in [2.45, 2.75) is 18.9 Å². The maximum Gasteiger partial charge on any atom is 0.138 e. The SMILES string of the molecule is COc1ccc2c(c1)OC1c3cc(C)c(OC)cc3OCC21. The molecule has 0 N–H and O–H groups in total. The third kappa shape index (κ3) is 1.83. The number of rotatable bonds is 2. The van der Waals surface area contributed by atoms with Gasteiger partial charge >= 0.3 is 0 Å². The zero-order valence-electron chi connectivity index (χ0n) is 12.9. The minimum absolute atomic E-state index is 0.00420. The third-order valence-corrected chi connectivity index (χ3v) is 4.49. The summed E-state index contributed by atoms with van der Waals surface area (Å²) in [6.07, 6.45) is -0.00420. The van der Waals surface area contributed by atoms with E-state index in [1.54, 1.807) is 14.2 Å². The number of fused-ring (bicyclic) bond motifs is 5. The van der Waals surface area contributed by atoms with E-state index in [9.17, 15) is 0 Å². The highest BCUT2D eigenvalue weighted by molar-refractivity contribution is 5.54. The molecule has 4 rings (SSSR count). The topological polar surface area (TPSA) is 36.9 Å². The Morgan fingerprint density at radius 2 is 1.86 bits per heavy atom. The smallest absolute Gasteiger partial charge is 0.138 e. The summed E-state index contributed by atoms with van der Waals surface area (Å²) in [6.45, 7) is 2.65. The highest BCUT2D eigenvalue weighted by atomic mass is 16.5. The van der Waals surface area contributed by atoms with E-state index in [2.05, 4.69) is 12.1 Å². The predicted molar refractivity (Wildman–Crippen MR) is 82.3 cm³/mol. The van der Waals surface area contributed by atoms with Gasteiger partial charge in [0.25, 0.3) is 0 Å². The highest BCUT2D eigenvalue weighted by Crippen LogP contribution is 2.52. The van der Waals surface area contributed by atoms with Crippen molar-refractivity contribution in [3.8, 4) is 23.0 Å². The zero-order valence-corrected chi connectivity index (χ0v) is 12.9. The van der Waals surface area contributed by atoms with Crippen molar-refractivity contribution >= 4 is 0 Å². The number of aryl methyl sites for hydroxylation is 1. The van der Waals surface area contributed by atoms with Crippen LogP contribution in [0.1, 0.15) is 28.7 Å². The quantitative estimate of drug-likeness (QED) is 0.848. The van der Waals surface area contributed by atoms with Crippen molar-refractivity contribution in [3.05, 3.63) is 47.0 Å². The van der Waals surface area contributed by atoms with Crippen molar-refractivity contribution < 1.29 is 18.9 Å². The Morgan fingerprint density at radius 3 is 2.64 bits per heavy atom. The van der Waals surface area contributed by atoms with Gasteiger partial charge in [-0.25, -0.2) is 0 Å². The molecule has 4 heteroatoms. The largest absolute Gasteiger partial charge is 0.497 e. The van der Waals surface area contributed by atoms with Gasteiger partial charge in [0.05, 0.1) is 26.7 Å². The number of hydrogen-bond acceptors (Lipinski definition) is 4. The average Bonchev–Trinajstić information content (AvgIpc) is 2.92. The molecule has 4 nitrogen and oxygen atoms in total. The molecule has 0 spiro atoms. The van der Waals surface area contributed by atoms with Gasteiger partial charge in [-0.2, -0.15) is 0 Å². The van der Waals surface area contributed by atoms with Gasteiger partial charge < -0.3 is 18.9 Å². The standard InChI is InChI=1S/C18H18O4/c1-10-6-13-16(8-15(10)20-3)21-9-14-12-5-4-11(19-2)7-17(12)22-18(13)14/h4-8,14,18H,9H2,1-3H3. The first-order valence-corrected chi connectivity index (χ1v) is 7.37. The van der Waals surface area contributed by atoms with Crippen LogP contribution in [0.25, 0.3) is 0 Å². The first-order chi connectivity index (χ1) is 10.7. The molecule has 0 bridgehead atoms. The fraction of sp³-hybridized carbons (Fsp3) is 0.333. The summed E-state index contributed by atoms with van der Waals surface area (Å²) in [6, 6.07) is 10.1. The Labute approximate surface area is 129 Å². The van der Waals surface area contributed by atoms with Crippen LogP contribution < -0.4 is 18.9 Å². The van der Waals surface area contributed by atoms with Crippen molar-refractivity contribution in [1.82, 2.24) is 0 Å². The Morgan fingerprint density at radius 1 is 1.00 bits per heavy atom. The maximum atomic E-state index is 6.21.